The summed E-state index contributed by atoms with van der Waals surface area (Å²) in [5.74, 6) is -2.93. The van der Waals surface area contributed by atoms with E-state index in [2.05, 4.69) is 10.6 Å². The van der Waals surface area contributed by atoms with E-state index < -0.39 is 28.5 Å². The number of phenolic OH excluding ortho intramolecular Hbond substituents is 2. The lowest BCUT2D eigenvalue weighted by molar-refractivity contribution is -0.124. The molecule has 2 aliphatic rings. The Bertz CT molecular complexity index is 1410. The third kappa shape index (κ3) is 4.26. The summed E-state index contributed by atoms with van der Waals surface area (Å²) in [6, 6.07) is 9.47. The summed E-state index contributed by atoms with van der Waals surface area (Å²) in [5, 5.41) is 27.1. The molecule has 0 spiro atoms. The number of carbonyl (C=O) groups is 4. The number of carbonyl (C=O) groups excluding carboxylic acids is 4. The Kier molecular flexibility index (Phi) is 6.64. The van der Waals surface area contributed by atoms with Gasteiger partial charge >= 0.3 is 0 Å². The summed E-state index contributed by atoms with van der Waals surface area (Å²) in [5.41, 5.74) is -0.580. The summed E-state index contributed by atoms with van der Waals surface area (Å²) in [4.78, 5) is 51.2. The lowest BCUT2D eigenvalue weighted by Gasteiger charge is -2.29. The van der Waals surface area contributed by atoms with Crippen LogP contribution >= 0.6 is 0 Å². The molecule has 1 aliphatic heterocycles. The lowest BCUT2D eigenvalue weighted by Crippen LogP contribution is -2.41. The van der Waals surface area contributed by atoms with Gasteiger partial charge in [-0.05, 0) is 33.3 Å². The summed E-state index contributed by atoms with van der Waals surface area (Å²) >= 11 is 0. The molecule has 1 heterocycles. The normalized spacial score (nSPS) is 19.4. The van der Waals surface area contributed by atoms with Crippen molar-refractivity contribution in [3.8, 4) is 17.2 Å². The molecule has 0 unspecified atom stereocenters. The molecule has 0 fully saturated rings. The van der Waals surface area contributed by atoms with Crippen molar-refractivity contribution >= 4 is 23.3 Å². The van der Waals surface area contributed by atoms with Crippen LogP contribution in [0.2, 0.25) is 0 Å². The van der Waals surface area contributed by atoms with E-state index in [1.807, 2.05) is 30.3 Å². The van der Waals surface area contributed by atoms with Gasteiger partial charge in [0.1, 0.15) is 34.0 Å². The average Bonchev–Trinajstić information content (AvgIpc) is 3.14. The van der Waals surface area contributed by atoms with Gasteiger partial charge in [-0.3, -0.25) is 19.2 Å². The average molecular weight is 505 g/mol. The molecule has 0 radical (unpaired) electrons. The highest BCUT2D eigenvalue weighted by Crippen LogP contribution is 2.57. The van der Waals surface area contributed by atoms with Gasteiger partial charge < -0.3 is 25.6 Å². The second-order valence-electron chi connectivity index (χ2n) is 9.33. The maximum absolute atomic E-state index is 13.8. The van der Waals surface area contributed by atoms with Crippen LogP contribution in [0, 0.1) is 6.92 Å². The van der Waals surface area contributed by atoms with Crippen molar-refractivity contribution in [1.29, 1.82) is 0 Å². The third-order valence-electron chi connectivity index (χ3n) is 6.83. The van der Waals surface area contributed by atoms with Gasteiger partial charge in [-0.25, -0.2) is 0 Å². The van der Waals surface area contributed by atoms with Crippen molar-refractivity contribution in [1.82, 2.24) is 10.6 Å². The molecular weight excluding hydrogens is 476 g/mol. The number of benzene rings is 2. The topological polar surface area (TPSA) is 142 Å². The standard InChI is InChI=1S/C28H28N2O7/c1-14-24(34)22(16(3)31)26-23(25(14)35)28(4)19(37-26)12-18(32)21(27(28)36)15(2)29-11-10-20(33)30-13-17-8-6-5-7-9-17/h5-9,12,29,34-35H,10-11,13H2,1-4H3,(H,30,33)/t28-/m0/s1. The molecule has 0 aromatic heterocycles. The van der Waals surface area contributed by atoms with Crippen molar-refractivity contribution in [2.75, 3.05) is 6.54 Å². The van der Waals surface area contributed by atoms with E-state index in [9.17, 15) is 29.4 Å². The van der Waals surface area contributed by atoms with Crippen molar-refractivity contribution in [2.24, 2.45) is 0 Å². The van der Waals surface area contributed by atoms with Crippen molar-refractivity contribution in [3.63, 3.8) is 0 Å². The number of amides is 1. The zero-order chi connectivity index (χ0) is 27.1. The number of fused-ring (bicyclic) bond motifs is 3. The minimum Gasteiger partial charge on any atom is -0.507 e. The second kappa shape index (κ2) is 9.57. The number of ketones is 3. The van der Waals surface area contributed by atoms with E-state index in [0.717, 1.165) is 11.6 Å². The highest BCUT2D eigenvalue weighted by atomic mass is 16.5. The minimum absolute atomic E-state index is 0.0293. The van der Waals surface area contributed by atoms with Crippen LogP contribution in [0.4, 0.5) is 0 Å². The molecular formula is C28H28N2O7. The fourth-order valence-corrected chi connectivity index (χ4v) is 4.70. The number of phenols is 2. The Labute approximate surface area is 213 Å². The van der Waals surface area contributed by atoms with E-state index in [4.69, 9.17) is 4.74 Å². The summed E-state index contributed by atoms with van der Waals surface area (Å²) < 4.78 is 5.75. The Morgan fingerprint density at radius 3 is 2.35 bits per heavy atom. The maximum Gasteiger partial charge on any atom is 0.222 e. The molecule has 0 saturated heterocycles. The maximum atomic E-state index is 13.8. The fraction of sp³-hybridized carbons (Fsp3) is 0.286. The Morgan fingerprint density at radius 2 is 1.70 bits per heavy atom. The predicted octanol–water partition coefficient (Wildman–Crippen LogP) is 2.86. The van der Waals surface area contributed by atoms with Crippen LogP contribution in [0.3, 0.4) is 0 Å². The first-order valence-corrected chi connectivity index (χ1v) is 11.8. The molecule has 192 valence electrons. The number of Topliss-reactive ketones (excluding diaryl/α,β-unsaturated/α-hetero) is 2. The molecule has 0 saturated carbocycles. The molecule has 1 amide bonds. The largest absolute Gasteiger partial charge is 0.507 e. The third-order valence-corrected chi connectivity index (χ3v) is 6.83. The Morgan fingerprint density at radius 1 is 1.03 bits per heavy atom. The Balaban J connectivity index is 1.57. The van der Waals surface area contributed by atoms with Gasteiger partial charge in [0.05, 0.1) is 11.1 Å². The molecule has 0 bridgehead atoms. The molecule has 9 nitrogen and oxygen atoms in total. The quantitative estimate of drug-likeness (QED) is 0.256. The highest BCUT2D eigenvalue weighted by molar-refractivity contribution is 6.31. The molecule has 4 N–H and O–H groups in total. The number of ether oxygens (including phenoxy) is 1. The van der Waals surface area contributed by atoms with Gasteiger partial charge in [-0.15, -0.1) is 0 Å². The number of nitrogens with one attached hydrogen (secondary N) is 2. The van der Waals surface area contributed by atoms with Gasteiger partial charge in [0, 0.05) is 36.8 Å². The molecule has 2 aromatic carbocycles. The van der Waals surface area contributed by atoms with Gasteiger partial charge in [-0.1, -0.05) is 30.3 Å². The van der Waals surface area contributed by atoms with Crippen LogP contribution in [0.15, 0.2) is 53.4 Å². The molecule has 1 aliphatic carbocycles. The van der Waals surface area contributed by atoms with Crippen LogP contribution in [-0.2, 0) is 26.3 Å². The predicted molar refractivity (Wildman–Crippen MR) is 134 cm³/mol. The van der Waals surface area contributed by atoms with E-state index in [1.54, 1.807) is 6.92 Å². The number of aromatic hydroxyl groups is 2. The van der Waals surface area contributed by atoms with E-state index >= 15 is 0 Å². The van der Waals surface area contributed by atoms with Crippen LogP contribution in [0.5, 0.6) is 17.2 Å². The van der Waals surface area contributed by atoms with Crippen LogP contribution in [-0.4, -0.2) is 40.0 Å². The van der Waals surface area contributed by atoms with Gasteiger partial charge in [0.2, 0.25) is 5.91 Å². The first kappa shape index (κ1) is 25.7. The highest BCUT2D eigenvalue weighted by Gasteiger charge is 2.56. The van der Waals surface area contributed by atoms with Gasteiger partial charge in [0.15, 0.2) is 17.3 Å². The van der Waals surface area contributed by atoms with E-state index in [1.165, 1.54) is 20.8 Å². The molecule has 4 rings (SSSR count). The molecule has 9 heteroatoms. The van der Waals surface area contributed by atoms with Crippen LogP contribution in [0.1, 0.15) is 54.2 Å². The minimum atomic E-state index is -1.58. The fourth-order valence-electron chi connectivity index (χ4n) is 4.70. The zero-order valence-electron chi connectivity index (χ0n) is 21.0. The summed E-state index contributed by atoms with van der Waals surface area (Å²) in [7, 11) is 0. The van der Waals surface area contributed by atoms with Crippen molar-refractivity contribution in [3.05, 3.63) is 75.7 Å². The first-order chi connectivity index (χ1) is 17.5. The molecule has 2 aromatic rings. The van der Waals surface area contributed by atoms with Crippen LogP contribution in [0.25, 0.3) is 0 Å². The van der Waals surface area contributed by atoms with Crippen molar-refractivity contribution < 1.29 is 34.1 Å². The molecule has 37 heavy (non-hydrogen) atoms. The lowest BCUT2D eigenvalue weighted by atomic mass is 9.70. The second-order valence-corrected chi connectivity index (χ2v) is 9.33. The summed E-state index contributed by atoms with van der Waals surface area (Å²) in [6.45, 7) is 6.30. The summed E-state index contributed by atoms with van der Waals surface area (Å²) in [6.07, 6.45) is 1.27. The number of hydrogen-bond acceptors (Lipinski definition) is 8. The first-order valence-electron chi connectivity index (χ1n) is 11.8. The van der Waals surface area contributed by atoms with Gasteiger partial charge in [0.25, 0.3) is 0 Å². The number of hydrogen-bond donors (Lipinski definition) is 4. The van der Waals surface area contributed by atoms with Crippen molar-refractivity contribution in [2.45, 2.75) is 46.1 Å². The van der Waals surface area contributed by atoms with Crippen LogP contribution < -0.4 is 15.4 Å². The Hall–Kier alpha value is -4.40. The SMILES string of the molecule is CC(=O)c1c(O)c(C)c(O)c2c1OC1=CC(=O)C(=C(C)NCCC(=O)NCc3ccccc3)C(=O)[C@@]12C. The smallest absolute Gasteiger partial charge is 0.222 e. The zero-order valence-corrected chi connectivity index (χ0v) is 21.0. The number of allylic oxidation sites excluding steroid dienone is 4. The van der Waals surface area contributed by atoms with E-state index in [-0.39, 0.29) is 64.1 Å². The molecule has 1 atom stereocenters. The van der Waals surface area contributed by atoms with Gasteiger partial charge in [-0.2, -0.15) is 0 Å². The van der Waals surface area contributed by atoms with E-state index in [0.29, 0.717) is 6.54 Å². The monoisotopic (exact) mass is 504 g/mol. The number of rotatable bonds is 7.